The number of hydrogen-bond acceptors (Lipinski definition) is 4. The molecule has 0 bridgehead atoms. The van der Waals surface area contributed by atoms with E-state index in [0.29, 0.717) is 0 Å². The van der Waals surface area contributed by atoms with E-state index in [9.17, 15) is 0 Å². The number of para-hydroxylation sites is 6. The van der Waals surface area contributed by atoms with Crippen molar-refractivity contribution in [1.29, 1.82) is 0 Å². The smallest absolute Gasteiger partial charge is 0.159 e. The van der Waals surface area contributed by atoms with Crippen LogP contribution in [0.1, 0.15) is 11.1 Å². The van der Waals surface area contributed by atoms with Crippen LogP contribution in [0.4, 0.5) is 34.1 Å². The van der Waals surface area contributed by atoms with Gasteiger partial charge < -0.3 is 18.6 Å². The minimum atomic E-state index is -2.15. The molecule has 1 aliphatic rings. The molecule has 0 aliphatic heterocycles. The van der Waals surface area contributed by atoms with E-state index in [1.165, 1.54) is 65.7 Å². The number of rotatable bonds is 10. The van der Waals surface area contributed by atoms with Gasteiger partial charge in [-0.2, -0.15) is 0 Å². The highest BCUT2D eigenvalue weighted by atomic mass is 28.4. The average Bonchev–Trinajstić information content (AvgIpc) is 1.89. The zero-order valence-corrected chi connectivity index (χ0v) is 50.6. The summed E-state index contributed by atoms with van der Waals surface area (Å²) in [6, 6.07) is 97.9. The highest BCUT2D eigenvalue weighted by molar-refractivity contribution is 7.00. The summed E-state index contributed by atoms with van der Waals surface area (Å²) in [7, 11) is -4.30. The quantitative estimate of drug-likeness (QED) is 0.101. The van der Waals surface area contributed by atoms with Crippen LogP contribution in [0.3, 0.4) is 0 Å². The van der Waals surface area contributed by atoms with E-state index < -0.39 is 16.1 Å². The van der Waals surface area contributed by atoms with E-state index in [2.05, 4.69) is 304 Å². The van der Waals surface area contributed by atoms with Gasteiger partial charge in [0, 0.05) is 49.0 Å². The summed E-state index contributed by atoms with van der Waals surface area (Å²) in [4.78, 5) is 4.64. The van der Waals surface area contributed by atoms with E-state index in [0.717, 1.165) is 78.0 Å². The van der Waals surface area contributed by atoms with Crippen LogP contribution in [0.15, 0.2) is 276 Å². The number of nitrogens with zero attached hydrogens (tertiary/aromatic N) is 2. The third kappa shape index (κ3) is 7.71. The van der Waals surface area contributed by atoms with Gasteiger partial charge in [-0.25, -0.2) is 0 Å². The summed E-state index contributed by atoms with van der Waals surface area (Å²) in [5.74, 6) is 0. The van der Waals surface area contributed by atoms with Crippen LogP contribution in [0.2, 0.25) is 39.3 Å². The zero-order chi connectivity index (χ0) is 57.3. The molecule has 13 aromatic carbocycles. The van der Waals surface area contributed by atoms with Gasteiger partial charge in [0.05, 0.1) is 27.5 Å². The fourth-order valence-electron chi connectivity index (χ4n) is 15.3. The maximum Gasteiger partial charge on any atom is 0.159 e. The van der Waals surface area contributed by atoms with Crippen LogP contribution in [-0.4, -0.2) is 16.1 Å². The molecule has 0 fully saturated rings. The molecule has 0 atom stereocenters. The van der Waals surface area contributed by atoms with Crippen molar-refractivity contribution in [2.75, 3.05) is 9.80 Å². The predicted octanol–water partition coefficient (Wildman–Crippen LogP) is 23.2. The summed E-state index contributed by atoms with van der Waals surface area (Å²) >= 11 is 0. The second-order valence-corrected chi connectivity index (χ2v) is 36.2. The van der Waals surface area contributed by atoms with E-state index in [1.54, 1.807) is 11.1 Å². The number of fused-ring (bicyclic) bond motifs is 16. The number of hydrogen-bond donors (Lipinski definition) is 0. The Morgan fingerprint density at radius 3 is 1.24 bits per heavy atom. The van der Waals surface area contributed by atoms with E-state index >= 15 is 0 Å². The van der Waals surface area contributed by atoms with Crippen LogP contribution in [0.5, 0.6) is 0 Å². The Kier molecular flexibility index (Phi) is 11.5. The number of furan rings is 2. The Balaban J connectivity index is 0.805. The topological polar surface area (TPSA) is 32.8 Å². The first-order valence-corrected chi connectivity index (χ1v) is 36.7. The summed E-state index contributed by atoms with van der Waals surface area (Å²) in [5.41, 5.74) is 20.6. The Morgan fingerprint density at radius 1 is 0.294 bits per heavy atom. The minimum absolute atomic E-state index is 0.119. The summed E-state index contributed by atoms with van der Waals surface area (Å²) in [6.07, 6.45) is 0. The fraction of sp³-hybridized carbons (Fsp3) is 0.0886. The van der Waals surface area contributed by atoms with Crippen molar-refractivity contribution in [2.45, 2.75) is 43.9 Å². The van der Waals surface area contributed by atoms with Gasteiger partial charge in [-0.1, -0.05) is 221 Å². The molecule has 0 unspecified atom stereocenters. The molecule has 0 radical (unpaired) electrons. The number of anilines is 6. The molecule has 408 valence electrons. The van der Waals surface area contributed by atoms with E-state index in [4.69, 9.17) is 8.83 Å². The molecule has 0 N–H and O–H groups in total. The summed E-state index contributed by atoms with van der Waals surface area (Å²) in [6.45, 7) is 15.9. The van der Waals surface area contributed by atoms with Gasteiger partial charge in [0.1, 0.15) is 11.2 Å². The van der Waals surface area contributed by atoms with Crippen LogP contribution in [0.25, 0.3) is 110 Å². The molecule has 2 aromatic heterocycles. The third-order valence-corrected chi connectivity index (χ3v) is 28.5. The second-order valence-electron chi connectivity index (χ2n) is 25.2. The van der Waals surface area contributed by atoms with Crippen molar-refractivity contribution in [2.24, 2.45) is 0 Å². The fourth-order valence-corrected chi connectivity index (χ4v) is 28.4. The monoisotopic (exact) mass is 1130 g/mol. The van der Waals surface area contributed by atoms with Gasteiger partial charge in [-0.05, 0) is 162 Å². The minimum Gasteiger partial charge on any atom is -0.454 e. The maximum atomic E-state index is 6.63. The molecule has 6 heteroatoms. The second kappa shape index (κ2) is 19.2. The van der Waals surface area contributed by atoms with Crippen molar-refractivity contribution in [3.05, 3.63) is 278 Å². The van der Waals surface area contributed by atoms with Gasteiger partial charge in [0.2, 0.25) is 0 Å². The van der Waals surface area contributed by atoms with Crippen molar-refractivity contribution >= 4 is 126 Å². The molecule has 85 heavy (non-hydrogen) atoms. The van der Waals surface area contributed by atoms with Gasteiger partial charge in [0.25, 0.3) is 0 Å². The summed E-state index contributed by atoms with van der Waals surface area (Å²) < 4.78 is 13.1. The first-order chi connectivity index (χ1) is 41.4. The van der Waals surface area contributed by atoms with Crippen LogP contribution >= 0.6 is 0 Å². The van der Waals surface area contributed by atoms with E-state index in [1.807, 2.05) is 12.1 Å². The van der Waals surface area contributed by atoms with Gasteiger partial charge in [0.15, 0.2) is 11.2 Å². The Labute approximate surface area is 497 Å². The van der Waals surface area contributed by atoms with Crippen LogP contribution in [0, 0.1) is 0 Å². The van der Waals surface area contributed by atoms with Gasteiger partial charge in [-0.15, -0.1) is 0 Å². The lowest BCUT2D eigenvalue weighted by atomic mass is 9.89. The molecule has 4 nitrogen and oxygen atoms in total. The van der Waals surface area contributed by atoms with E-state index in [-0.39, 0.29) is 4.66 Å². The maximum absolute atomic E-state index is 6.63. The largest absolute Gasteiger partial charge is 0.454 e. The normalized spacial score (nSPS) is 13.2. The molecule has 16 rings (SSSR count). The van der Waals surface area contributed by atoms with Crippen molar-refractivity contribution in [3.8, 4) is 33.4 Å². The Morgan fingerprint density at radius 2 is 0.718 bits per heavy atom. The molecule has 1 aliphatic carbocycles. The SMILES string of the molecule is C[Si](C)(C)C1([Si](C)(C)C)c2c(ccc3cc(-c4ccc(N(c5ccccc5)c5cccc6c5oc5ccccc56)cc4)ccc23)-c2c1c1ccc(-c3ccc(N(c4ccccc4)c4cccc5c4oc4ccccc45)cc3)cc1c1ccccc21. The Hall–Kier alpha value is -9.73. The third-order valence-electron chi connectivity index (χ3n) is 18.5. The molecule has 0 saturated carbocycles. The first kappa shape index (κ1) is 51.0. The lowest BCUT2D eigenvalue weighted by molar-refractivity contribution is 0.668. The van der Waals surface area contributed by atoms with Gasteiger partial charge in [-0.3, -0.25) is 0 Å². The summed E-state index contributed by atoms with van der Waals surface area (Å²) in [5, 5.41) is 12.5. The zero-order valence-electron chi connectivity index (χ0n) is 48.6. The van der Waals surface area contributed by atoms with Crippen molar-refractivity contribution < 1.29 is 8.83 Å². The highest BCUT2D eigenvalue weighted by Gasteiger charge is 2.60. The standard InChI is InChI=1S/C79H62N2O2Si2/c1-84(2,3)79(85(4,5)6)75-60-46-39-53(51-35-42-58(43-36-51)80(56-21-9-7-10-22-56)70-31-19-29-66-62-26-15-17-33-72(62)82-77(66)70)49-55(60)41-48-68(75)74-64-28-14-13-25-61(64)69-50-54(40-47-65(69)76(74)79)52-37-44-59(45-38-52)81(57-23-11-8-12-24-57)71-32-20-30-67-63-27-16-18-34-73(63)83-78(67)71/h7-50H,1-6H3. The average molecular weight is 1130 g/mol. The highest BCUT2D eigenvalue weighted by Crippen LogP contribution is 2.63. The molecule has 0 saturated heterocycles. The number of benzene rings is 13. The Bertz CT molecular complexity index is 5130. The molecule has 0 spiro atoms. The van der Waals surface area contributed by atoms with Crippen molar-refractivity contribution in [1.82, 2.24) is 0 Å². The van der Waals surface area contributed by atoms with Crippen molar-refractivity contribution in [3.63, 3.8) is 0 Å². The lowest BCUT2D eigenvalue weighted by Crippen LogP contribution is -2.63. The molecule has 0 amide bonds. The molecule has 15 aromatic rings. The molecular formula is C79H62N2O2Si2. The molecular weight excluding hydrogens is 1070 g/mol. The predicted molar refractivity (Wildman–Crippen MR) is 367 cm³/mol. The van der Waals surface area contributed by atoms with Crippen LogP contribution in [-0.2, 0) is 4.66 Å². The van der Waals surface area contributed by atoms with Gasteiger partial charge >= 0.3 is 0 Å². The van der Waals surface area contributed by atoms with Crippen LogP contribution < -0.4 is 9.80 Å². The molecule has 2 heterocycles. The lowest BCUT2D eigenvalue weighted by Gasteiger charge is -2.52. The first-order valence-electron chi connectivity index (χ1n) is 29.7.